The van der Waals surface area contributed by atoms with Gasteiger partial charge in [-0.2, -0.15) is 5.10 Å². The average molecular weight is 369 g/mol. The van der Waals surface area contributed by atoms with E-state index in [0.717, 1.165) is 11.5 Å². The summed E-state index contributed by atoms with van der Waals surface area (Å²) in [6, 6.07) is 10.8. The number of nitrogens with zero attached hydrogens (tertiary/aromatic N) is 2. The third-order valence-electron chi connectivity index (χ3n) is 4.12. The van der Waals surface area contributed by atoms with Gasteiger partial charge in [0.15, 0.2) is 17.2 Å². The third-order valence-corrected chi connectivity index (χ3v) is 4.12. The van der Waals surface area contributed by atoms with Crippen molar-refractivity contribution in [2.45, 2.75) is 20.1 Å². The van der Waals surface area contributed by atoms with Crippen molar-refractivity contribution in [3.8, 4) is 17.2 Å². The highest BCUT2D eigenvalue weighted by Gasteiger charge is 2.18. The van der Waals surface area contributed by atoms with Crippen LogP contribution in [0.1, 0.15) is 27.7 Å². The van der Waals surface area contributed by atoms with Gasteiger partial charge in [0.05, 0.1) is 12.2 Å². The number of furan rings is 1. The van der Waals surface area contributed by atoms with Crippen LogP contribution in [0, 0.1) is 6.92 Å². The zero-order chi connectivity index (χ0) is 18.8. The summed E-state index contributed by atoms with van der Waals surface area (Å²) in [4.78, 5) is 14.1. The number of carbonyl (C=O) groups excluding carboxylic acids is 1. The van der Waals surface area contributed by atoms with E-state index < -0.39 is 0 Å². The highest BCUT2D eigenvalue weighted by molar-refractivity contribution is 5.92. The van der Waals surface area contributed by atoms with Crippen molar-refractivity contribution in [2.75, 3.05) is 13.8 Å². The summed E-state index contributed by atoms with van der Waals surface area (Å²) in [6.07, 6.45) is 0. The van der Waals surface area contributed by atoms with Gasteiger partial charge in [-0.05, 0) is 37.3 Å². The highest BCUT2D eigenvalue weighted by Crippen LogP contribution is 2.35. The van der Waals surface area contributed by atoms with E-state index in [1.54, 1.807) is 36.2 Å². The molecule has 140 valence electrons. The SMILES string of the molecule is Cc1ccc(CN(C)C(=O)c2cc(COc3ccc4c(c3)OCO4)[nH]n2)o1. The lowest BCUT2D eigenvalue weighted by Crippen LogP contribution is -2.26. The number of amides is 1. The lowest BCUT2D eigenvalue weighted by Gasteiger charge is -2.13. The molecule has 0 atom stereocenters. The van der Waals surface area contributed by atoms with Crippen LogP contribution in [0.3, 0.4) is 0 Å². The number of aromatic nitrogens is 2. The molecule has 0 fully saturated rings. The topological polar surface area (TPSA) is 89.8 Å². The van der Waals surface area contributed by atoms with Crippen molar-refractivity contribution in [2.24, 2.45) is 0 Å². The molecule has 1 aliphatic rings. The minimum Gasteiger partial charge on any atom is -0.487 e. The van der Waals surface area contributed by atoms with Gasteiger partial charge in [-0.1, -0.05) is 0 Å². The predicted molar refractivity (Wildman–Crippen MR) is 94.7 cm³/mol. The Kier molecular flexibility index (Phi) is 4.45. The Morgan fingerprint density at radius 1 is 1.22 bits per heavy atom. The Morgan fingerprint density at radius 2 is 2.07 bits per heavy atom. The van der Waals surface area contributed by atoms with Crippen LogP contribution in [0.25, 0.3) is 0 Å². The second kappa shape index (κ2) is 7.06. The van der Waals surface area contributed by atoms with E-state index in [4.69, 9.17) is 18.6 Å². The molecule has 0 spiro atoms. The van der Waals surface area contributed by atoms with Crippen LogP contribution in [0.15, 0.2) is 40.8 Å². The van der Waals surface area contributed by atoms with E-state index in [1.807, 2.05) is 19.1 Å². The molecule has 0 radical (unpaired) electrons. The summed E-state index contributed by atoms with van der Waals surface area (Å²) in [5, 5.41) is 6.91. The van der Waals surface area contributed by atoms with Crippen LogP contribution in [0.5, 0.6) is 17.2 Å². The molecule has 0 bridgehead atoms. The van der Waals surface area contributed by atoms with Crippen LogP contribution in [0.2, 0.25) is 0 Å². The molecule has 0 saturated heterocycles. The quantitative estimate of drug-likeness (QED) is 0.719. The van der Waals surface area contributed by atoms with Crippen LogP contribution in [0.4, 0.5) is 0 Å². The number of rotatable bonds is 6. The first kappa shape index (κ1) is 17.0. The van der Waals surface area contributed by atoms with E-state index in [-0.39, 0.29) is 19.3 Å². The monoisotopic (exact) mass is 369 g/mol. The molecule has 2 aromatic heterocycles. The summed E-state index contributed by atoms with van der Waals surface area (Å²) < 4.78 is 21.8. The van der Waals surface area contributed by atoms with E-state index in [0.29, 0.717) is 35.2 Å². The van der Waals surface area contributed by atoms with Gasteiger partial charge in [-0.3, -0.25) is 9.89 Å². The van der Waals surface area contributed by atoms with Gasteiger partial charge in [0, 0.05) is 13.1 Å². The molecular weight excluding hydrogens is 350 g/mol. The molecule has 1 aliphatic heterocycles. The van der Waals surface area contributed by atoms with Crippen molar-refractivity contribution >= 4 is 5.91 Å². The molecule has 3 heterocycles. The summed E-state index contributed by atoms with van der Waals surface area (Å²) >= 11 is 0. The minimum atomic E-state index is -0.199. The first-order valence-electron chi connectivity index (χ1n) is 8.46. The van der Waals surface area contributed by atoms with Gasteiger partial charge in [0.1, 0.15) is 23.9 Å². The summed E-state index contributed by atoms with van der Waals surface area (Å²) in [5.74, 6) is 3.34. The normalized spacial score (nSPS) is 12.2. The number of aromatic amines is 1. The smallest absolute Gasteiger partial charge is 0.274 e. The van der Waals surface area contributed by atoms with Crippen LogP contribution >= 0.6 is 0 Å². The van der Waals surface area contributed by atoms with Gasteiger partial charge in [-0.15, -0.1) is 0 Å². The first-order valence-corrected chi connectivity index (χ1v) is 8.46. The zero-order valence-corrected chi connectivity index (χ0v) is 15.0. The number of nitrogens with one attached hydrogen (secondary N) is 1. The summed E-state index contributed by atoms with van der Waals surface area (Å²) in [6.45, 7) is 2.71. The van der Waals surface area contributed by atoms with Crippen molar-refractivity contribution < 1.29 is 23.4 Å². The van der Waals surface area contributed by atoms with E-state index in [2.05, 4.69) is 10.2 Å². The van der Waals surface area contributed by atoms with Crippen molar-refractivity contribution in [3.05, 3.63) is 59.3 Å². The molecule has 1 amide bonds. The zero-order valence-electron chi connectivity index (χ0n) is 15.0. The van der Waals surface area contributed by atoms with Crippen molar-refractivity contribution in [1.29, 1.82) is 0 Å². The standard InChI is InChI=1S/C19H19N3O5/c1-12-3-4-15(27-12)9-22(2)19(23)16-7-13(20-21-16)10-24-14-5-6-17-18(8-14)26-11-25-17/h3-8H,9-11H2,1-2H3,(H,20,21). The fourth-order valence-electron chi connectivity index (χ4n) is 2.74. The third kappa shape index (κ3) is 3.74. The number of hydrogen-bond donors (Lipinski definition) is 1. The number of H-pyrrole nitrogens is 1. The molecule has 8 heteroatoms. The molecular formula is C19H19N3O5. The van der Waals surface area contributed by atoms with E-state index in [9.17, 15) is 4.79 Å². The lowest BCUT2D eigenvalue weighted by atomic mass is 10.3. The number of benzene rings is 1. The Balaban J connectivity index is 1.35. The number of hydrogen-bond acceptors (Lipinski definition) is 6. The molecule has 1 aromatic carbocycles. The van der Waals surface area contributed by atoms with Crippen molar-refractivity contribution in [3.63, 3.8) is 0 Å². The second-order valence-electron chi connectivity index (χ2n) is 6.26. The fourth-order valence-corrected chi connectivity index (χ4v) is 2.74. The molecule has 8 nitrogen and oxygen atoms in total. The van der Waals surface area contributed by atoms with Crippen LogP contribution < -0.4 is 14.2 Å². The van der Waals surface area contributed by atoms with Gasteiger partial charge in [0.2, 0.25) is 6.79 Å². The Bertz CT molecular complexity index is 962. The number of aryl methyl sites for hydroxylation is 1. The Morgan fingerprint density at radius 3 is 2.89 bits per heavy atom. The minimum absolute atomic E-state index is 0.199. The van der Waals surface area contributed by atoms with Gasteiger partial charge >= 0.3 is 0 Å². The maximum Gasteiger partial charge on any atom is 0.274 e. The molecule has 0 aliphatic carbocycles. The molecule has 1 N–H and O–H groups in total. The maximum atomic E-state index is 12.5. The van der Waals surface area contributed by atoms with Crippen LogP contribution in [-0.4, -0.2) is 34.8 Å². The molecule has 3 aromatic rings. The lowest BCUT2D eigenvalue weighted by molar-refractivity contribution is 0.0769. The first-order chi connectivity index (χ1) is 13.1. The maximum absolute atomic E-state index is 12.5. The Labute approximate surface area is 155 Å². The molecule has 4 rings (SSSR count). The summed E-state index contributed by atoms with van der Waals surface area (Å²) in [5.41, 5.74) is 1.02. The van der Waals surface area contributed by atoms with Gasteiger partial charge in [-0.25, -0.2) is 0 Å². The fraction of sp³-hybridized carbons (Fsp3) is 0.263. The average Bonchev–Trinajstić information content (AvgIpc) is 3.39. The highest BCUT2D eigenvalue weighted by atomic mass is 16.7. The predicted octanol–water partition coefficient (Wildman–Crippen LogP) is 2.89. The number of ether oxygens (including phenoxy) is 3. The van der Waals surface area contributed by atoms with E-state index in [1.165, 1.54) is 0 Å². The largest absolute Gasteiger partial charge is 0.487 e. The number of carbonyl (C=O) groups is 1. The van der Waals surface area contributed by atoms with E-state index >= 15 is 0 Å². The molecule has 0 unspecified atom stereocenters. The summed E-state index contributed by atoms with van der Waals surface area (Å²) in [7, 11) is 1.71. The second-order valence-corrected chi connectivity index (χ2v) is 6.26. The van der Waals surface area contributed by atoms with Crippen molar-refractivity contribution in [1.82, 2.24) is 15.1 Å². The van der Waals surface area contributed by atoms with Crippen LogP contribution in [-0.2, 0) is 13.2 Å². The van der Waals surface area contributed by atoms with Gasteiger partial charge < -0.3 is 23.5 Å². The molecule has 0 saturated carbocycles. The number of fused-ring (bicyclic) bond motifs is 1. The molecule has 27 heavy (non-hydrogen) atoms. The van der Waals surface area contributed by atoms with Gasteiger partial charge in [0.25, 0.3) is 5.91 Å². The Hall–Kier alpha value is -3.42.